The predicted octanol–water partition coefficient (Wildman–Crippen LogP) is 4.81. The van der Waals surface area contributed by atoms with Crippen LogP contribution in [0.2, 0.25) is 0 Å². The Morgan fingerprint density at radius 2 is 1.27 bits per heavy atom. The minimum atomic E-state index is -3.55. The van der Waals surface area contributed by atoms with E-state index in [1.807, 2.05) is 0 Å². The minimum absolute atomic E-state index is 0.0966. The topological polar surface area (TPSA) is 105 Å². The van der Waals surface area contributed by atoms with Crippen LogP contribution in [-0.2, 0) is 10.0 Å². The van der Waals surface area contributed by atoms with Gasteiger partial charge in [0.05, 0.1) is 24.6 Å². The lowest BCUT2D eigenvalue weighted by Crippen LogP contribution is -2.27. The van der Waals surface area contributed by atoms with Crippen LogP contribution in [0.5, 0.6) is 5.75 Å². The van der Waals surface area contributed by atoms with E-state index in [4.69, 9.17) is 0 Å². The third kappa shape index (κ3) is 7.52. The molecule has 0 bridgehead atoms. The second-order valence-corrected chi connectivity index (χ2v) is 13.0. The van der Waals surface area contributed by atoms with Gasteiger partial charge in [0.15, 0.2) is 0 Å². The highest BCUT2D eigenvalue weighted by Crippen LogP contribution is 2.33. The van der Waals surface area contributed by atoms with Gasteiger partial charge >= 0.3 is 0 Å². The Labute approximate surface area is 244 Å². The van der Waals surface area contributed by atoms with Crippen LogP contribution >= 0.6 is 0 Å². The summed E-state index contributed by atoms with van der Waals surface area (Å²) in [7, 11) is -3.55. The summed E-state index contributed by atoms with van der Waals surface area (Å²) < 4.78 is 25.8. The summed E-state index contributed by atoms with van der Waals surface area (Å²) in [5, 5.41) is 23.7. The fourth-order valence-electron chi connectivity index (χ4n) is 6.05. The summed E-state index contributed by atoms with van der Waals surface area (Å²) in [6, 6.07) is 22.2. The van der Waals surface area contributed by atoms with E-state index in [0.717, 1.165) is 38.9 Å². The first-order chi connectivity index (χ1) is 19.8. The Balaban J connectivity index is 1.32. The SMILES string of the molecule is CS(=O)(=O)Nc1cc([C@H](CO)NCCC(c2ccc(N3CCCC3)cc2)c2ccc(N3CCCC3)cc2)ccc1O. The third-order valence-corrected chi connectivity index (χ3v) is 8.85. The zero-order valence-corrected chi connectivity index (χ0v) is 24.6. The Bertz CT molecular complexity index is 1320. The zero-order valence-electron chi connectivity index (χ0n) is 23.8. The lowest BCUT2D eigenvalue weighted by molar-refractivity contribution is 0.244. The van der Waals surface area contributed by atoms with Crippen molar-refractivity contribution >= 4 is 27.1 Å². The number of benzene rings is 3. The van der Waals surface area contributed by atoms with Crippen LogP contribution in [0.1, 0.15) is 60.8 Å². The van der Waals surface area contributed by atoms with E-state index in [0.29, 0.717) is 12.1 Å². The average Bonchev–Trinajstić information content (AvgIpc) is 3.70. The second-order valence-electron chi connectivity index (χ2n) is 11.3. The molecular formula is C32H42N4O4S. The quantitative estimate of drug-likeness (QED) is 0.229. The fraction of sp³-hybridized carbons (Fsp3) is 0.438. The Morgan fingerprint density at radius 1 is 0.780 bits per heavy atom. The molecule has 3 aromatic carbocycles. The van der Waals surface area contributed by atoms with Crippen molar-refractivity contribution in [3.63, 3.8) is 0 Å². The summed E-state index contributed by atoms with van der Waals surface area (Å²) in [6.45, 7) is 4.94. The first-order valence-corrected chi connectivity index (χ1v) is 16.5. The summed E-state index contributed by atoms with van der Waals surface area (Å²) in [4.78, 5) is 4.89. The number of phenols is 1. The highest BCUT2D eigenvalue weighted by atomic mass is 32.2. The van der Waals surface area contributed by atoms with E-state index in [9.17, 15) is 18.6 Å². The van der Waals surface area contributed by atoms with Crippen LogP contribution in [0.25, 0.3) is 0 Å². The zero-order chi connectivity index (χ0) is 28.8. The second kappa shape index (κ2) is 13.1. The van der Waals surface area contributed by atoms with Crippen molar-refractivity contribution in [2.45, 2.75) is 44.1 Å². The molecule has 9 heteroatoms. The van der Waals surface area contributed by atoms with Crippen molar-refractivity contribution < 1.29 is 18.6 Å². The molecule has 0 unspecified atom stereocenters. The Hall–Kier alpha value is -3.27. The maximum absolute atomic E-state index is 11.7. The Morgan fingerprint density at radius 3 is 1.73 bits per heavy atom. The number of nitrogens with zero attached hydrogens (tertiary/aromatic N) is 2. The standard InChI is InChI=1S/C32H42N4O4S/c1-41(39,40)34-30-22-26(10-15-32(30)38)31(23-37)33-17-16-29(24-6-11-27(12-7-24)35-18-2-3-19-35)25-8-13-28(14-9-25)36-20-4-5-21-36/h6-15,22,29,31,33-34,37-38H,2-5,16-21,23H2,1H3/t31-/m0/s1. The van der Waals surface area contributed by atoms with E-state index in [1.165, 1.54) is 54.3 Å². The van der Waals surface area contributed by atoms with Crippen molar-refractivity contribution in [1.29, 1.82) is 0 Å². The van der Waals surface area contributed by atoms with E-state index < -0.39 is 16.1 Å². The number of aliphatic hydroxyl groups excluding tert-OH is 1. The van der Waals surface area contributed by atoms with Gasteiger partial charge in [-0.05, 0) is 91.7 Å². The third-order valence-electron chi connectivity index (χ3n) is 8.26. The summed E-state index contributed by atoms with van der Waals surface area (Å²) in [5.41, 5.74) is 5.86. The van der Waals surface area contributed by atoms with Gasteiger partial charge in [-0.1, -0.05) is 30.3 Å². The van der Waals surface area contributed by atoms with E-state index >= 15 is 0 Å². The maximum atomic E-state index is 11.7. The van der Waals surface area contributed by atoms with Gasteiger partial charge in [-0.3, -0.25) is 4.72 Å². The molecule has 2 aliphatic heterocycles. The Kier molecular flexibility index (Phi) is 9.37. The predicted molar refractivity (Wildman–Crippen MR) is 167 cm³/mol. The van der Waals surface area contributed by atoms with Gasteiger partial charge in [-0.2, -0.15) is 0 Å². The number of aromatic hydroxyl groups is 1. The highest BCUT2D eigenvalue weighted by Gasteiger charge is 2.20. The molecule has 2 aliphatic rings. The molecule has 2 fully saturated rings. The van der Waals surface area contributed by atoms with Gasteiger partial charge < -0.3 is 25.3 Å². The highest BCUT2D eigenvalue weighted by molar-refractivity contribution is 7.92. The molecule has 5 rings (SSSR count). The smallest absolute Gasteiger partial charge is 0.229 e. The van der Waals surface area contributed by atoms with E-state index in [2.05, 4.69) is 68.4 Å². The number of hydrogen-bond acceptors (Lipinski definition) is 7. The molecule has 220 valence electrons. The van der Waals surface area contributed by atoms with Gasteiger partial charge in [0.2, 0.25) is 10.0 Å². The molecule has 0 aromatic heterocycles. The molecule has 1 atom stereocenters. The first kappa shape index (κ1) is 29.2. The molecule has 3 aromatic rings. The number of anilines is 3. The monoisotopic (exact) mass is 578 g/mol. The molecule has 0 aliphatic carbocycles. The lowest BCUT2D eigenvalue weighted by atomic mass is 9.88. The van der Waals surface area contributed by atoms with E-state index in [-0.39, 0.29) is 24.0 Å². The minimum Gasteiger partial charge on any atom is -0.506 e. The molecule has 0 saturated carbocycles. The number of hydrogen-bond donors (Lipinski definition) is 4. The van der Waals surface area contributed by atoms with Crippen molar-refractivity contribution in [2.24, 2.45) is 0 Å². The molecular weight excluding hydrogens is 536 g/mol. The number of nitrogens with one attached hydrogen (secondary N) is 2. The lowest BCUT2D eigenvalue weighted by Gasteiger charge is -2.24. The molecule has 8 nitrogen and oxygen atoms in total. The van der Waals surface area contributed by atoms with Crippen molar-refractivity contribution in [3.8, 4) is 5.75 Å². The van der Waals surface area contributed by atoms with Crippen molar-refractivity contribution in [1.82, 2.24) is 5.32 Å². The van der Waals surface area contributed by atoms with Gasteiger partial charge in [-0.15, -0.1) is 0 Å². The van der Waals surface area contributed by atoms with Crippen LogP contribution in [0.15, 0.2) is 66.7 Å². The molecule has 2 saturated heterocycles. The van der Waals surface area contributed by atoms with Crippen molar-refractivity contribution in [3.05, 3.63) is 83.4 Å². The number of phenolic OH excluding ortho intramolecular Hbond substituents is 1. The van der Waals surface area contributed by atoms with Crippen LogP contribution < -0.4 is 19.8 Å². The molecule has 0 radical (unpaired) electrons. The van der Waals surface area contributed by atoms with Crippen LogP contribution in [0.4, 0.5) is 17.1 Å². The van der Waals surface area contributed by atoms with Crippen LogP contribution in [-0.4, -0.2) is 64.2 Å². The van der Waals surface area contributed by atoms with E-state index in [1.54, 1.807) is 12.1 Å². The van der Waals surface area contributed by atoms with Gasteiger partial charge in [0.1, 0.15) is 5.75 Å². The normalized spacial score (nSPS) is 16.5. The largest absolute Gasteiger partial charge is 0.506 e. The molecule has 2 heterocycles. The van der Waals surface area contributed by atoms with Crippen molar-refractivity contribution in [2.75, 3.05) is 60.1 Å². The summed E-state index contributed by atoms with van der Waals surface area (Å²) in [5.74, 6) is 0.00932. The van der Waals surface area contributed by atoms with Crippen LogP contribution in [0, 0.1) is 0 Å². The summed E-state index contributed by atoms with van der Waals surface area (Å²) in [6.07, 6.45) is 6.85. The summed E-state index contributed by atoms with van der Waals surface area (Å²) >= 11 is 0. The fourth-order valence-corrected chi connectivity index (χ4v) is 6.62. The number of rotatable bonds is 12. The van der Waals surface area contributed by atoms with Gasteiger partial charge in [0, 0.05) is 43.5 Å². The molecule has 4 N–H and O–H groups in total. The molecule has 41 heavy (non-hydrogen) atoms. The average molecular weight is 579 g/mol. The van der Waals surface area contributed by atoms with Gasteiger partial charge in [-0.25, -0.2) is 8.42 Å². The van der Waals surface area contributed by atoms with Crippen LogP contribution in [0.3, 0.4) is 0 Å². The molecule has 0 spiro atoms. The number of aliphatic hydroxyl groups is 1. The first-order valence-electron chi connectivity index (χ1n) is 14.7. The van der Waals surface area contributed by atoms with Gasteiger partial charge in [0.25, 0.3) is 0 Å². The maximum Gasteiger partial charge on any atom is 0.229 e. The number of sulfonamides is 1. The molecule has 0 amide bonds.